The smallest absolute Gasteiger partial charge is 0.291 e. The highest BCUT2D eigenvalue weighted by atomic mass is 127. The number of aliphatic imine (C=N–C) groups is 1. The van der Waals surface area contributed by atoms with Gasteiger partial charge in [0.25, 0.3) is 5.91 Å². The third kappa shape index (κ3) is 8.12. The van der Waals surface area contributed by atoms with E-state index in [1.165, 1.54) is 11.8 Å². The van der Waals surface area contributed by atoms with E-state index < -0.39 is 0 Å². The van der Waals surface area contributed by atoms with Gasteiger partial charge in [-0.3, -0.25) is 9.79 Å². The maximum Gasteiger partial charge on any atom is 0.291 e. The van der Waals surface area contributed by atoms with Gasteiger partial charge in [0.1, 0.15) is 5.75 Å². The third-order valence-corrected chi connectivity index (χ3v) is 4.77. The molecule has 1 aromatic heterocycles. The Balaban J connectivity index is 0.00000385. The van der Waals surface area contributed by atoms with Gasteiger partial charge in [-0.1, -0.05) is 31.2 Å². The summed E-state index contributed by atoms with van der Waals surface area (Å²) in [6.07, 6.45) is 2.44. The number of carbonyl (C=O) groups is 1. The molecule has 0 unspecified atom stereocenters. The summed E-state index contributed by atoms with van der Waals surface area (Å²) in [5.41, 5.74) is 4.03. The fourth-order valence-corrected chi connectivity index (χ4v) is 3.05. The molecule has 0 saturated carbocycles. The van der Waals surface area contributed by atoms with Crippen molar-refractivity contribution in [3.63, 3.8) is 0 Å². The predicted molar refractivity (Wildman–Crippen MR) is 143 cm³/mol. The van der Waals surface area contributed by atoms with Gasteiger partial charge in [0.05, 0.1) is 12.9 Å². The molecule has 0 radical (unpaired) electrons. The first-order valence-corrected chi connectivity index (χ1v) is 10.7. The number of amides is 1. The van der Waals surface area contributed by atoms with Crippen molar-refractivity contribution >= 4 is 41.5 Å². The highest BCUT2D eigenvalue weighted by Crippen LogP contribution is 2.20. The molecule has 0 bridgehead atoms. The van der Waals surface area contributed by atoms with Crippen molar-refractivity contribution in [3.8, 4) is 5.75 Å². The maximum atomic E-state index is 12.1. The van der Waals surface area contributed by atoms with Crippen LogP contribution in [0.25, 0.3) is 0 Å². The van der Waals surface area contributed by atoms with Gasteiger partial charge in [-0.25, -0.2) is 0 Å². The molecule has 0 aliphatic heterocycles. The van der Waals surface area contributed by atoms with Gasteiger partial charge in [0, 0.05) is 31.4 Å². The minimum Gasteiger partial charge on any atom is -0.493 e. The average molecular weight is 562 g/mol. The summed E-state index contributed by atoms with van der Waals surface area (Å²) in [6, 6.07) is 17.2. The average Bonchev–Trinajstić information content (AvgIpc) is 3.35. The third-order valence-electron chi connectivity index (χ3n) is 4.77. The Morgan fingerprint density at radius 3 is 2.48 bits per heavy atom. The molecular formula is C25H31IN4O3. The Morgan fingerprint density at radius 2 is 1.82 bits per heavy atom. The number of aryl methyl sites for hydroxylation is 1. The summed E-state index contributed by atoms with van der Waals surface area (Å²) in [5.74, 6) is 1.61. The molecule has 0 saturated heterocycles. The fraction of sp³-hybridized carbons (Fsp3) is 0.280. The van der Waals surface area contributed by atoms with E-state index in [1.807, 2.05) is 24.3 Å². The zero-order valence-electron chi connectivity index (χ0n) is 19.2. The lowest BCUT2D eigenvalue weighted by molar-refractivity contribution is 0.0996. The van der Waals surface area contributed by atoms with Crippen LogP contribution in [0.5, 0.6) is 5.75 Å². The Morgan fingerprint density at radius 1 is 1.06 bits per heavy atom. The van der Waals surface area contributed by atoms with Crippen LogP contribution in [-0.4, -0.2) is 25.5 Å². The SMILES string of the molecule is CCCOc1cc(C)ccc1CNC(=NC)NCc1ccc(NC(=O)c2ccco2)cc1.I. The second-order valence-corrected chi connectivity index (χ2v) is 7.37. The molecule has 3 N–H and O–H groups in total. The van der Waals surface area contributed by atoms with Crippen LogP contribution in [0.3, 0.4) is 0 Å². The Labute approximate surface area is 212 Å². The topological polar surface area (TPSA) is 87.9 Å². The van der Waals surface area contributed by atoms with Crippen molar-refractivity contribution in [1.29, 1.82) is 0 Å². The Bertz CT molecular complexity index is 1030. The van der Waals surface area contributed by atoms with Crippen LogP contribution in [0.2, 0.25) is 0 Å². The van der Waals surface area contributed by atoms with Crippen molar-refractivity contribution in [2.75, 3.05) is 19.0 Å². The molecule has 8 heteroatoms. The molecule has 3 rings (SSSR count). The second-order valence-electron chi connectivity index (χ2n) is 7.37. The first-order chi connectivity index (χ1) is 15.6. The van der Waals surface area contributed by atoms with E-state index in [0.29, 0.717) is 31.3 Å². The Hall–Kier alpha value is -3.01. The van der Waals surface area contributed by atoms with Crippen molar-refractivity contribution in [1.82, 2.24) is 10.6 Å². The number of nitrogens with one attached hydrogen (secondary N) is 3. The summed E-state index contributed by atoms with van der Waals surface area (Å²) >= 11 is 0. The zero-order valence-corrected chi connectivity index (χ0v) is 21.5. The van der Waals surface area contributed by atoms with E-state index in [0.717, 1.165) is 23.3 Å². The molecule has 3 aromatic rings. The molecule has 7 nitrogen and oxygen atoms in total. The van der Waals surface area contributed by atoms with Crippen LogP contribution < -0.4 is 20.7 Å². The standard InChI is InChI=1S/C25H30N4O3.HI/c1-4-13-31-23-15-18(2)7-10-20(23)17-28-25(26-3)27-16-19-8-11-21(12-9-19)29-24(30)22-6-5-14-32-22;/h5-12,14-15H,4,13,16-17H2,1-3H3,(H,29,30)(H2,26,27,28);1H. The number of furan rings is 1. The number of rotatable bonds is 9. The van der Waals surface area contributed by atoms with E-state index in [4.69, 9.17) is 9.15 Å². The van der Waals surface area contributed by atoms with Gasteiger partial charge in [-0.05, 0) is 54.8 Å². The summed E-state index contributed by atoms with van der Waals surface area (Å²) < 4.78 is 11.0. The Kier molecular flexibility index (Phi) is 10.8. The number of guanidine groups is 1. The summed E-state index contributed by atoms with van der Waals surface area (Å²) in [5, 5.41) is 9.45. The number of carbonyl (C=O) groups excluding carboxylic acids is 1. The minimum atomic E-state index is -0.274. The van der Waals surface area contributed by atoms with Crippen molar-refractivity contribution in [3.05, 3.63) is 83.3 Å². The van der Waals surface area contributed by atoms with Gasteiger partial charge in [-0.2, -0.15) is 0 Å². The van der Waals surface area contributed by atoms with E-state index in [2.05, 4.69) is 53.0 Å². The van der Waals surface area contributed by atoms with Gasteiger partial charge in [0.15, 0.2) is 11.7 Å². The fourth-order valence-electron chi connectivity index (χ4n) is 3.05. The minimum absolute atomic E-state index is 0. The number of hydrogen-bond acceptors (Lipinski definition) is 4. The predicted octanol–water partition coefficient (Wildman–Crippen LogP) is 5.11. The first kappa shape index (κ1) is 26.2. The highest BCUT2D eigenvalue weighted by molar-refractivity contribution is 14.0. The van der Waals surface area contributed by atoms with Crippen LogP contribution in [-0.2, 0) is 13.1 Å². The number of halogens is 1. The molecule has 176 valence electrons. The molecule has 0 aliphatic rings. The molecule has 2 aromatic carbocycles. The molecule has 0 atom stereocenters. The second kappa shape index (κ2) is 13.5. The molecule has 1 heterocycles. The van der Waals surface area contributed by atoms with E-state index in [9.17, 15) is 4.79 Å². The van der Waals surface area contributed by atoms with Crippen LogP contribution in [0.4, 0.5) is 5.69 Å². The van der Waals surface area contributed by atoms with Gasteiger partial charge < -0.3 is 25.1 Å². The number of benzene rings is 2. The lowest BCUT2D eigenvalue weighted by Gasteiger charge is -2.15. The van der Waals surface area contributed by atoms with Gasteiger partial charge in [0.2, 0.25) is 0 Å². The molecule has 0 fully saturated rings. The van der Waals surface area contributed by atoms with Gasteiger partial charge in [-0.15, -0.1) is 24.0 Å². The monoisotopic (exact) mass is 562 g/mol. The van der Waals surface area contributed by atoms with E-state index in [-0.39, 0.29) is 35.6 Å². The lowest BCUT2D eigenvalue weighted by atomic mass is 10.1. The molecule has 33 heavy (non-hydrogen) atoms. The van der Waals surface area contributed by atoms with Crippen LogP contribution in [0.15, 0.2) is 70.3 Å². The van der Waals surface area contributed by atoms with Crippen LogP contribution in [0, 0.1) is 6.92 Å². The summed E-state index contributed by atoms with van der Waals surface area (Å²) in [7, 11) is 1.74. The molecule has 1 amide bonds. The lowest BCUT2D eigenvalue weighted by Crippen LogP contribution is -2.36. The molecular weight excluding hydrogens is 531 g/mol. The number of nitrogens with zero attached hydrogens (tertiary/aromatic N) is 1. The summed E-state index contributed by atoms with van der Waals surface area (Å²) in [4.78, 5) is 16.4. The number of hydrogen-bond donors (Lipinski definition) is 3. The quantitative estimate of drug-likeness (QED) is 0.192. The largest absolute Gasteiger partial charge is 0.493 e. The van der Waals surface area contributed by atoms with E-state index in [1.54, 1.807) is 19.2 Å². The van der Waals surface area contributed by atoms with Crippen molar-refractivity contribution < 1.29 is 13.9 Å². The van der Waals surface area contributed by atoms with Crippen LogP contribution >= 0.6 is 24.0 Å². The first-order valence-electron chi connectivity index (χ1n) is 10.7. The van der Waals surface area contributed by atoms with Crippen LogP contribution in [0.1, 0.15) is 40.6 Å². The molecule has 0 aliphatic carbocycles. The number of anilines is 1. The normalized spacial score (nSPS) is 10.8. The number of ether oxygens (including phenoxy) is 1. The zero-order chi connectivity index (χ0) is 22.8. The summed E-state index contributed by atoms with van der Waals surface area (Å²) in [6.45, 7) is 6.06. The van der Waals surface area contributed by atoms with Crippen molar-refractivity contribution in [2.24, 2.45) is 4.99 Å². The molecule has 0 spiro atoms. The van der Waals surface area contributed by atoms with E-state index >= 15 is 0 Å². The van der Waals surface area contributed by atoms with Crippen molar-refractivity contribution in [2.45, 2.75) is 33.4 Å². The maximum absolute atomic E-state index is 12.1. The highest BCUT2D eigenvalue weighted by Gasteiger charge is 2.09. The van der Waals surface area contributed by atoms with Gasteiger partial charge >= 0.3 is 0 Å².